The molecule has 0 aliphatic heterocycles. The standard InChI is InChI=1S/C19H23NO3.C14H15NO.C13H19NO3.C6H7BO2.CH4.ClH/c1-19(2,3)23-18(21)20-14-13-15-9-11-17(12-10-15)22-16-7-5-4-6-8-16;15-11-10-12-6-8-14(9-7-12)16-13-4-2-1-3-5-13;1-13(2,3)17-12(16)14-9-8-10-4-6-11(15)7-5-10;8-7(9)6-4-2-1-3-5-6;;/h4-12H,13-14H2,1-3H3,(H,20,21);1-9H,10-11,15H2;4-7,15H,8-9H2,1-3H3,(H,14,16);1-5,8-9H;1H4;1H. The Morgan fingerprint density at radius 2 is 0.821 bits per heavy atom. The van der Waals surface area contributed by atoms with Gasteiger partial charge in [0.1, 0.15) is 39.9 Å². The van der Waals surface area contributed by atoms with Gasteiger partial charge < -0.3 is 50.5 Å². The van der Waals surface area contributed by atoms with Crippen molar-refractivity contribution in [3.8, 4) is 28.7 Å². The lowest BCUT2D eigenvalue weighted by Crippen LogP contribution is -2.33. The van der Waals surface area contributed by atoms with E-state index in [0.29, 0.717) is 31.5 Å². The quantitative estimate of drug-likeness (QED) is 0.0610. The molecule has 0 spiro atoms. The summed E-state index contributed by atoms with van der Waals surface area (Å²) in [6.07, 6.45) is 1.56. The first-order chi connectivity index (χ1) is 31.0. The van der Waals surface area contributed by atoms with E-state index in [2.05, 4.69) is 10.6 Å². The summed E-state index contributed by atoms with van der Waals surface area (Å²) in [7, 11) is -1.34. The van der Waals surface area contributed by atoms with Crippen LogP contribution in [0.1, 0.15) is 65.7 Å². The molecule has 0 heterocycles. The molecule has 0 aliphatic carbocycles. The minimum atomic E-state index is -1.34. The largest absolute Gasteiger partial charge is 0.508 e. The second kappa shape index (κ2) is 31.4. The first kappa shape index (κ1) is 58.5. The summed E-state index contributed by atoms with van der Waals surface area (Å²) in [6.45, 7) is 12.7. The Morgan fingerprint density at radius 3 is 1.13 bits per heavy atom. The summed E-state index contributed by atoms with van der Waals surface area (Å²) in [4.78, 5) is 22.9. The molecule has 0 fully saturated rings. The van der Waals surface area contributed by atoms with Gasteiger partial charge in [0.2, 0.25) is 0 Å². The molecule has 7 N–H and O–H groups in total. The van der Waals surface area contributed by atoms with E-state index in [1.54, 1.807) is 36.4 Å². The van der Waals surface area contributed by atoms with Crippen LogP contribution < -0.4 is 31.3 Å². The molecule has 0 saturated heterocycles. The Morgan fingerprint density at radius 1 is 0.507 bits per heavy atom. The third-order valence-corrected chi connectivity index (χ3v) is 8.44. The van der Waals surface area contributed by atoms with Gasteiger partial charge in [-0.1, -0.05) is 111 Å². The molecule has 0 aliphatic rings. The topological polar surface area (TPSA) is 182 Å². The minimum absolute atomic E-state index is 0. The van der Waals surface area contributed by atoms with Gasteiger partial charge in [-0.05, 0) is 150 Å². The zero-order chi connectivity index (χ0) is 47.5. The lowest BCUT2D eigenvalue weighted by molar-refractivity contribution is 0.0517. The number of nitrogens with one attached hydrogen (secondary N) is 2. The number of phenols is 1. The van der Waals surface area contributed by atoms with Gasteiger partial charge in [0.15, 0.2) is 0 Å². The molecule has 2 amide bonds. The lowest BCUT2D eigenvalue weighted by atomic mass is 9.81. The normalized spacial score (nSPS) is 10.2. The Balaban J connectivity index is 0.000000460. The van der Waals surface area contributed by atoms with E-state index in [-0.39, 0.29) is 31.7 Å². The molecule has 360 valence electrons. The molecule has 6 aromatic rings. The summed E-state index contributed by atoms with van der Waals surface area (Å²) < 4.78 is 21.7. The molecule has 6 aromatic carbocycles. The smallest absolute Gasteiger partial charge is 0.488 e. The van der Waals surface area contributed by atoms with Crippen LogP contribution in [0.2, 0.25) is 0 Å². The number of hydrogen-bond donors (Lipinski definition) is 6. The molecule has 0 atom stereocenters. The second-order valence-corrected chi connectivity index (χ2v) is 16.5. The number of carbonyl (C=O) groups excluding carboxylic acids is 2. The monoisotopic (exact) mass is 937 g/mol. The number of hydrogen-bond acceptors (Lipinski definition) is 10. The molecule has 12 nitrogen and oxygen atoms in total. The van der Waals surface area contributed by atoms with Crippen molar-refractivity contribution in [1.82, 2.24) is 10.6 Å². The number of phenolic OH excluding ortho intramolecular Hbond substituents is 1. The van der Waals surface area contributed by atoms with Gasteiger partial charge in [-0.3, -0.25) is 0 Å². The van der Waals surface area contributed by atoms with Gasteiger partial charge in [-0.25, -0.2) is 9.59 Å². The fourth-order valence-corrected chi connectivity index (χ4v) is 5.40. The fraction of sp³-hybridized carbons (Fsp3) is 0.283. The van der Waals surface area contributed by atoms with Crippen molar-refractivity contribution in [2.75, 3.05) is 19.6 Å². The third kappa shape index (κ3) is 27.5. The van der Waals surface area contributed by atoms with Crippen molar-refractivity contribution in [2.24, 2.45) is 5.73 Å². The van der Waals surface area contributed by atoms with Gasteiger partial charge in [-0.15, -0.1) is 12.4 Å². The molecule has 0 unspecified atom stereocenters. The first-order valence-corrected chi connectivity index (χ1v) is 21.4. The third-order valence-electron chi connectivity index (χ3n) is 8.44. The molecule has 0 aromatic heterocycles. The number of rotatable bonds is 13. The summed E-state index contributed by atoms with van der Waals surface area (Å²) in [5, 5.41) is 31.7. The molecule has 0 bridgehead atoms. The predicted molar refractivity (Wildman–Crippen MR) is 273 cm³/mol. The first-order valence-electron chi connectivity index (χ1n) is 21.4. The molecular weight excluding hydrogens is 869 g/mol. The van der Waals surface area contributed by atoms with Crippen LogP contribution in [0.25, 0.3) is 0 Å². The molecule has 0 radical (unpaired) electrons. The highest BCUT2D eigenvalue weighted by molar-refractivity contribution is 6.58. The zero-order valence-corrected chi connectivity index (χ0v) is 39.5. The lowest BCUT2D eigenvalue weighted by Gasteiger charge is -2.19. The number of carbonyl (C=O) groups is 2. The fourth-order valence-electron chi connectivity index (χ4n) is 5.40. The van der Waals surface area contributed by atoms with Crippen LogP contribution in [0.15, 0.2) is 164 Å². The number of benzene rings is 6. The van der Waals surface area contributed by atoms with E-state index >= 15 is 0 Å². The van der Waals surface area contributed by atoms with Crippen molar-refractivity contribution in [3.05, 3.63) is 180 Å². The van der Waals surface area contributed by atoms with E-state index in [0.717, 1.165) is 47.0 Å². The Bertz CT molecular complexity index is 2210. The highest BCUT2D eigenvalue weighted by Gasteiger charge is 2.16. The predicted octanol–water partition coefficient (Wildman–Crippen LogP) is 10.4. The van der Waals surface area contributed by atoms with Crippen molar-refractivity contribution in [1.29, 1.82) is 0 Å². The molecule has 14 heteroatoms. The Labute approximate surface area is 404 Å². The van der Waals surface area contributed by atoms with Gasteiger partial charge in [-0.2, -0.15) is 0 Å². The van der Waals surface area contributed by atoms with E-state index in [4.69, 9.17) is 39.8 Å². The van der Waals surface area contributed by atoms with Crippen LogP contribution >= 0.6 is 12.4 Å². The second-order valence-electron chi connectivity index (χ2n) is 16.5. The number of alkyl carbamates (subject to hydrolysis) is 2. The van der Waals surface area contributed by atoms with Gasteiger partial charge in [0.05, 0.1) is 0 Å². The number of halogens is 1. The Kier molecular flexibility index (Phi) is 27.4. The maximum atomic E-state index is 11.6. The number of amides is 2. The number of ether oxygens (including phenoxy) is 4. The molecule has 0 saturated carbocycles. The SMILES string of the molecule is C.CC(C)(C)OC(=O)NCCc1ccc(O)cc1.CC(C)(C)OC(=O)NCCc1ccc(Oc2ccccc2)cc1.Cl.NCCc1ccc(Oc2ccccc2)cc1.OB(O)c1ccccc1. The zero-order valence-electron chi connectivity index (χ0n) is 38.7. The van der Waals surface area contributed by atoms with Gasteiger partial charge >= 0.3 is 19.3 Å². The molecule has 67 heavy (non-hydrogen) atoms. The van der Waals surface area contributed by atoms with Crippen LogP contribution in [-0.4, -0.2) is 65.3 Å². The van der Waals surface area contributed by atoms with Crippen molar-refractivity contribution < 1.29 is 43.7 Å². The maximum absolute atomic E-state index is 11.6. The average molecular weight is 938 g/mol. The van der Waals surface area contributed by atoms with Crippen LogP contribution in [0.4, 0.5) is 9.59 Å². The maximum Gasteiger partial charge on any atom is 0.488 e. The highest BCUT2D eigenvalue weighted by atomic mass is 35.5. The summed E-state index contributed by atoms with van der Waals surface area (Å²) in [6, 6.07) is 50.9. The van der Waals surface area contributed by atoms with E-state index in [9.17, 15) is 9.59 Å². The molecular formula is C53H69BClN3O9. The number of nitrogens with two attached hydrogens (primary N) is 1. The number of aromatic hydroxyl groups is 1. The van der Waals surface area contributed by atoms with Gasteiger partial charge in [0.25, 0.3) is 0 Å². The van der Waals surface area contributed by atoms with Crippen LogP contribution in [0, 0.1) is 0 Å². The summed E-state index contributed by atoms with van der Waals surface area (Å²) >= 11 is 0. The van der Waals surface area contributed by atoms with Crippen LogP contribution in [-0.2, 0) is 28.7 Å². The Hall–Kier alpha value is -6.51. The van der Waals surface area contributed by atoms with E-state index < -0.39 is 24.4 Å². The summed E-state index contributed by atoms with van der Waals surface area (Å²) in [5.74, 6) is 3.56. The highest BCUT2D eigenvalue weighted by Crippen LogP contribution is 2.22. The van der Waals surface area contributed by atoms with Crippen molar-refractivity contribution >= 4 is 37.2 Å². The van der Waals surface area contributed by atoms with Crippen LogP contribution in [0.5, 0.6) is 28.7 Å². The van der Waals surface area contributed by atoms with E-state index in [1.807, 2.05) is 169 Å². The van der Waals surface area contributed by atoms with Crippen molar-refractivity contribution in [3.63, 3.8) is 0 Å². The van der Waals surface area contributed by atoms with Crippen LogP contribution in [0.3, 0.4) is 0 Å². The number of para-hydroxylation sites is 2. The molecule has 6 rings (SSSR count). The minimum Gasteiger partial charge on any atom is -0.508 e. The summed E-state index contributed by atoms with van der Waals surface area (Å²) in [5.41, 5.74) is 8.49. The van der Waals surface area contributed by atoms with Gasteiger partial charge in [0, 0.05) is 13.1 Å². The average Bonchev–Trinajstić information content (AvgIpc) is 3.26. The van der Waals surface area contributed by atoms with E-state index in [1.165, 1.54) is 5.56 Å². The van der Waals surface area contributed by atoms with Crippen molar-refractivity contribution in [2.45, 2.75) is 79.4 Å².